The van der Waals surface area contributed by atoms with Gasteiger partial charge in [-0.3, -0.25) is 0 Å². The van der Waals surface area contributed by atoms with Gasteiger partial charge in [-0.2, -0.15) is 0 Å². The summed E-state index contributed by atoms with van der Waals surface area (Å²) in [5, 5.41) is 9.16. The third-order valence-electron chi connectivity index (χ3n) is 4.20. The SMILES string of the molecule is C=CC(C=C/C(=C\C)C1(CC)CCCC1)CO. The maximum Gasteiger partial charge on any atom is 0.0528 e. The third kappa shape index (κ3) is 3.32. The lowest BCUT2D eigenvalue weighted by Crippen LogP contribution is -2.17. The zero-order valence-corrected chi connectivity index (χ0v) is 11.3. The molecule has 0 aromatic carbocycles. The Hall–Kier alpha value is -0.820. The molecule has 0 spiro atoms. The molecule has 1 atom stereocenters. The van der Waals surface area contributed by atoms with Crippen LogP contribution in [0.2, 0.25) is 0 Å². The van der Waals surface area contributed by atoms with Crippen LogP contribution in [0.3, 0.4) is 0 Å². The molecule has 1 nitrogen and oxygen atoms in total. The maximum atomic E-state index is 9.16. The second-order valence-corrected chi connectivity index (χ2v) is 5.03. The Morgan fingerprint density at radius 2 is 2.06 bits per heavy atom. The van der Waals surface area contributed by atoms with E-state index in [1.165, 1.54) is 37.7 Å². The van der Waals surface area contributed by atoms with Crippen LogP contribution in [0.15, 0.2) is 36.5 Å². The Morgan fingerprint density at radius 3 is 2.47 bits per heavy atom. The van der Waals surface area contributed by atoms with Crippen molar-refractivity contribution in [3.63, 3.8) is 0 Å². The number of allylic oxidation sites excluding steroid dienone is 3. The van der Waals surface area contributed by atoms with Crippen molar-refractivity contribution in [2.75, 3.05) is 6.61 Å². The van der Waals surface area contributed by atoms with Gasteiger partial charge in [0.05, 0.1) is 6.61 Å². The van der Waals surface area contributed by atoms with Crippen LogP contribution in [0.1, 0.15) is 46.0 Å². The molecule has 1 rings (SSSR count). The molecule has 0 aromatic rings. The molecule has 0 saturated heterocycles. The highest BCUT2D eigenvalue weighted by molar-refractivity contribution is 5.28. The average Bonchev–Trinajstić information content (AvgIpc) is 2.85. The summed E-state index contributed by atoms with van der Waals surface area (Å²) < 4.78 is 0. The monoisotopic (exact) mass is 234 g/mol. The van der Waals surface area contributed by atoms with Crippen molar-refractivity contribution in [3.05, 3.63) is 36.5 Å². The van der Waals surface area contributed by atoms with Gasteiger partial charge >= 0.3 is 0 Å². The molecule has 96 valence electrons. The topological polar surface area (TPSA) is 20.2 Å². The normalized spacial score (nSPS) is 21.9. The van der Waals surface area contributed by atoms with Crippen LogP contribution in [0, 0.1) is 11.3 Å². The molecule has 1 aliphatic rings. The first-order valence-electron chi connectivity index (χ1n) is 6.81. The molecular weight excluding hydrogens is 208 g/mol. The molecule has 0 amide bonds. The van der Waals surface area contributed by atoms with Crippen LogP contribution in [0.4, 0.5) is 0 Å². The smallest absolute Gasteiger partial charge is 0.0528 e. The van der Waals surface area contributed by atoms with Crippen LogP contribution >= 0.6 is 0 Å². The summed E-state index contributed by atoms with van der Waals surface area (Å²) in [5.41, 5.74) is 1.84. The van der Waals surface area contributed by atoms with Crippen LogP contribution < -0.4 is 0 Å². The van der Waals surface area contributed by atoms with Crippen molar-refractivity contribution < 1.29 is 5.11 Å². The summed E-state index contributed by atoms with van der Waals surface area (Å²) in [6, 6.07) is 0. The lowest BCUT2D eigenvalue weighted by molar-refractivity contribution is 0.274. The van der Waals surface area contributed by atoms with E-state index >= 15 is 0 Å². The molecule has 0 heterocycles. The standard InChI is InChI=1S/C16H26O/c1-4-14(13-17)9-10-15(5-2)16(6-3)11-7-8-12-16/h4-5,9-10,14,17H,1,6-8,11-13H2,2-3H3/b10-9?,15-5+. The van der Waals surface area contributed by atoms with Crippen molar-refractivity contribution in [1.29, 1.82) is 0 Å². The largest absolute Gasteiger partial charge is 0.395 e. The average molecular weight is 234 g/mol. The van der Waals surface area contributed by atoms with Gasteiger partial charge in [0, 0.05) is 5.92 Å². The van der Waals surface area contributed by atoms with Gasteiger partial charge in [-0.15, -0.1) is 6.58 Å². The lowest BCUT2D eigenvalue weighted by Gasteiger charge is -2.29. The number of aliphatic hydroxyl groups is 1. The first kappa shape index (κ1) is 14.2. The minimum Gasteiger partial charge on any atom is -0.395 e. The van der Waals surface area contributed by atoms with E-state index in [0.717, 1.165) is 0 Å². The molecule has 0 bridgehead atoms. The molecule has 1 heteroatoms. The van der Waals surface area contributed by atoms with Crippen LogP contribution in [0.25, 0.3) is 0 Å². The number of rotatable bonds is 6. The molecule has 1 fully saturated rings. The molecule has 0 aliphatic heterocycles. The van der Waals surface area contributed by atoms with Gasteiger partial charge in [0.25, 0.3) is 0 Å². The summed E-state index contributed by atoms with van der Waals surface area (Å²) in [7, 11) is 0. The Labute approximate surface area is 106 Å². The fraction of sp³-hybridized carbons (Fsp3) is 0.625. The van der Waals surface area contributed by atoms with Crippen molar-refractivity contribution >= 4 is 0 Å². The molecule has 1 aliphatic carbocycles. The molecule has 0 radical (unpaired) electrons. The Bertz CT molecular complexity index is 293. The van der Waals surface area contributed by atoms with Crippen molar-refractivity contribution in [1.82, 2.24) is 0 Å². The van der Waals surface area contributed by atoms with Gasteiger partial charge in [0.2, 0.25) is 0 Å². The molecule has 17 heavy (non-hydrogen) atoms. The highest BCUT2D eigenvalue weighted by atomic mass is 16.3. The van der Waals surface area contributed by atoms with Gasteiger partial charge in [0.1, 0.15) is 0 Å². The third-order valence-corrected chi connectivity index (χ3v) is 4.20. The Kier molecular flexibility index (Phi) is 5.70. The van der Waals surface area contributed by atoms with E-state index in [4.69, 9.17) is 5.11 Å². The van der Waals surface area contributed by atoms with Gasteiger partial charge in [-0.05, 0) is 37.2 Å². The highest BCUT2D eigenvalue weighted by Crippen LogP contribution is 2.47. The van der Waals surface area contributed by atoms with Crippen LogP contribution in [-0.2, 0) is 0 Å². The minimum absolute atomic E-state index is 0.0836. The predicted octanol–water partition coefficient (Wildman–Crippen LogP) is 4.25. The fourth-order valence-corrected chi connectivity index (χ4v) is 2.92. The summed E-state index contributed by atoms with van der Waals surface area (Å²) in [5.74, 6) is 0.0836. The fourth-order valence-electron chi connectivity index (χ4n) is 2.92. The maximum absolute atomic E-state index is 9.16. The summed E-state index contributed by atoms with van der Waals surface area (Å²) >= 11 is 0. The van der Waals surface area contributed by atoms with E-state index in [0.29, 0.717) is 5.41 Å². The van der Waals surface area contributed by atoms with E-state index in [2.05, 4.69) is 38.7 Å². The van der Waals surface area contributed by atoms with Crippen LogP contribution in [-0.4, -0.2) is 11.7 Å². The van der Waals surface area contributed by atoms with Crippen molar-refractivity contribution in [2.24, 2.45) is 11.3 Å². The number of hydrogen-bond donors (Lipinski definition) is 1. The molecule has 0 aromatic heterocycles. The second kappa shape index (κ2) is 6.80. The predicted molar refractivity (Wildman–Crippen MR) is 74.9 cm³/mol. The van der Waals surface area contributed by atoms with Gasteiger partial charge in [-0.1, -0.05) is 44.1 Å². The van der Waals surface area contributed by atoms with Gasteiger partial charge in [0.15, 0.2) is 0 Å². The molecule has 1 unspecified atom stereocenters. The van der Waals surface area contributed by atoms with Crippen molar-refractivity contribution in [2.45, 2.75) is 46.0 Å². The lowest BCUT2D eigenvalue weighted by atomic mass is 9.75. The first-order valence-corrected chi connectivity index (χ1v) is 6.81. The molecule has 1 saturated carbocycles. The quantitative estimate of drug-likeness (QED) is 0.538. The number of aliphatic hydroxyl groups excluding tert-OH is 1. The van der Waals surface area contributed by atoms with E-state index in [9.17, 15) is 0 Å². The Balaban J connectivity index is 2.81. The van der Waals surface area contributed by atoms with E-state index in [1.807, 2.05) is 0 Å². The number of hydrogen-bond acceptors (Lipinski definition) is 1. The Morgan fingerprint density at radius 1 is 1.41 bits per heavy atom. The highest BCUT2D eigenvalue weighted by Gasteiger charge is 2.33. The zero-order chi connectivity index (χ0) is 12.7. The van der Waals surface area contributed by atoms with Gasteiger partial charge in [-0.25, -0.2) is 0 Å². The summed E-state index contributed by atoms with van der Waals surface area (Å²) in [4.78, 5) is 0. The minimum atomic E-state index is 0.0836. The zero-order valence-electron chi connectivity index (χ0n) is 11.3. The van der Waals surface area contributed by atoms with Crippen LogP contribution in [0.5, 0.6) is 0 Å². The molecule has 1 N–H and O–H groups in total. The summed E-state index contributed by atoms with van der Waals surface area (Å²) in [6.07, 6.45) is 14.9. The second-order valence-electron chi connectivity index (χ2n) is 5.03. The van der Waals surface area contributed by atoms with E-state index < -0.39 is 0 Å². The van der Waals surface area contributed by atoms with E-state index in [-0.39, 0.29) is 12.5 Å². The van der Waals surface area contributed by atoms with Gasteiger partial charge < -0.3 is 5.11 Å². The van der Waals surface area contributed by atoms with E-state index in [1.54, 1.807) is 6.08 Å². The van der Waals surface area contributed by atoms with Crippen molar-refractivity contribution in [3.8, 4) is 0 Å². The molecular formula is C16H26O. The first-order chi connectivity index (χ1) is 8.22. The summed E-state index contributed by atoms with van der Waals surface area (Å²) in [6.45, 7) is 8.30.